The fourth-order valence-electron chi connectivity index (χ4n) is 2.90. The van der Waals surface area contributed by atoms with Crippen LogP contribution in [0.4, 0.5) is 18.9 Å². The largest absolute Gasteiger partial charge is 0.508 e. The fourth-order valence-corrected chi connectivity index (χ4v) is 3.82. The second-order valence-electron chi connectivity index (χ2n) is 5.61. The number of sulfone groups is 1. The molecule has 1 atom stereocenters. The molecular weight excluding hydrogens is 343 g/mol. The maximum absolute atomic E-state index is 12.8. The van der Waals surface area contributed by atoms with E-state index in [-0.39, 0.29) is 17.5 Å². The van der Waals surface area contributed by atoms with Gasteiger partial charge < -0.3 is 10.4 Å². The Morgan fingerprint density at radius 2 is 1.75 bits per heavy atom. The zero-order valence-electron chi connectivity index (χ0n) is 12.3. The Bertz CT molecular complexity index is 878. The second-order valence-corrected chi connectivity index (χ2v) is 7.52. The number of phenolic OH excluding ortho intramolecular Hbond substituents is 1. The SMILES string of the molecule is O=S(=O)(c1ccccc1NC1Cc2cccc(O)c2C1)C(F)(F)F. The van der Waals surface area contributed by atoms with E-state index in [0.29, 0.717) is 12.8 Å². The molecule has 2 aromatic carbocycles. The van der Waals surface area contributed by atoms with E-state index in [1.54, 1.807) is 12.1 Å². The Labute approximate surface area is 136 Å². The Kier molecular flexibility index (Phi) is 3.95. The van der Waals surface area contributed by atoms with E-state index in [9.17, 15) is 26.7 Å². The van der Waals surface area contributed by atoms with Crippen LogP contribution in [-0.4, -0.2) is 25.1 Å². The third-order valence-corrected chi connectivity index (χ3v) is 5.55. The van der Waals surface area contributed by atoms with Crippen molar-refractivity contribution < 1.29 is 26.7 Å². The molecule has 2 aromatic rings. The van der Waals surface area contributed by atoms with E-state index in [2.05, 4.69) is 5.32 Å². The number of hydrogen-bond acceptors (Lipinski definition) is 4. The number of rotatable bonds is 3. The van der Waals surface area contributed by atoms with Gasteiger partial charge in [0.15, 0.2) is 0 Å². The smallest absolute Gasteiger partial charge is 0.501 e. The van der Waals surface area contributed by atoms with E-state index in [0.717, 1.165) is 17.2 Å². The monoisotopic (exact) mass is 357 g/mol. The van der Waals surface area contributed by atoms with Gasteiger partial charge in [0.2, 0.25) is 0 Å². The molecule has 0 fully saturated rings. The van der Waals surface area contributed by atoms with Crippen LogP contribution in [0, 0.1) is 0 Å². The average molecular weight is 357 g/mol. The molecule has 128 valence electrons. The molecule has 0 amide bonds. The zero-order chi connectivity index (χ0) is 17.5. The second kappa shape index (κ2) is 5.70. The molecule has 1 aliphatic carbocycles. The van der Waals surface area contributed by atoms with Crippen LogP contribution in [0.3, 0.4) is 0 Å². The minimum Gasteiger partial charge on any atom is -0.508 e. The zero-order valence-corrected chi connectivity index (χ0v) is 13.2. The molecule has 3 rings (SSSR count). The van der Waals surface area contributed by atoms with Crippen LogP contribution in [-0.2, 0) is 22.7 Å². The van der Waals surface area contributed by atoms with Crippen LogP contribution in [0.25, 0.3) is 0 Å². The number of aromatic hydroxyl groups is 1. The molecule has 2 N–H and O–H groups in total. The predicted molar refractivity (Wildman–Crippen MR) is 82.6 cm³/mol. The van der Waals surface area contributed by atoms with Crippen molar-refractivity contribution in [2.24, 2.45) is 0 Å². The molecule has 4 nitrogen and oxygen atoms in total. The molecule has 0 radical (unpaired) electrons. The van der Waals surface area contributed by atoms with Crippen molar-refractivity contribution in [2.75, 3.05) is 5.32 Å². The van der Waals surface area contributed by atoms with Crippen molar-refractivity contribution in [1.82, 2.24) is 0 Å². The van der Waals surface area contributed by atoms with Crippen molar-refractivity contribution in [3.63, 3.8) is 0 Å². The molecule has 8 heteroatoms. The number of alkyl halides is 3. The van der Waals surface area contributed by atoms with Gasteiger partial charge in [0, 0.05) is 6.04 Å². The van der Waals surface area contributed by atoms with Gasteiger partial charge in [-0.15, -0.1) is 0 Å². The molecular formula is C16H14F3NO3S. The van der Waals surface area contributed by atoms with E-state index in [1.165, 1.54) is 18.2 Å². The first kappa shape index (κ1) is 16.6. The summed E-state index contributed by atoms with van der Waals surface area (Å²) in [5.41, 5.74) is -3.83. The highest BCUT2D eigenvalue weighted by Crippen LogP contribution is 2.36. The molecule has 24 heavy (non-hydrogen) atoms. The molecule has 1 unspecified atom stereocenters. The molecule has 0 spiro atoms. The number of benzene rings is 2. The lowest BCUT2D eigenvalue weighted by atomic mass is 10.1. The first-order chi connectivity index (χ1) is 11.2. The number of halogens is 3. The molecule has 0 aliphatic heterocycles. The third kappa shape index (κ3) is 2.82. The summed E-state index contributed by atoms with van der Waals surface area (Å²) in [4.78, 5) is -0.794. The maximum Gasteiger partial charge on any atom is 0.501 e. The number of fused-ring (bicyclic) bond motifs is 1. The van der Waals surface area contributed by atoms with Crippen LogP contribution in [0.1, 0.15) is 11.1 Å². The Morgan fingerprint density at radius 3 is 2.42 bits per heavy atom. The number of anilines is 1. The van der Waals surface area contributed by atoms with Gasteiger partial charge in [0.05, 0.1) is 10.6 Å². The summed E-state index contributed by atoms with van der Waals surface area (Å²) in [6.45, 7) is 0. The van der Waals surface area contributed by atoms with Gasteiger partial charge in [0.1, 0.15) is 5.75 Å². The number of para-hydroxylation sites is 1. The highest BCUT2D eigenvalue weighted by Gasteiger charge is 2.48. The van der Waals surface area contributed by atoms with E-state index in [4.69, 9.17) is 0 Å². The van der Waals surface area contributed by atoms with E-state index >= 15 is 0 Å². The topological polar surface area (TPSA) is 66.4 Å². The van der Waals surface area contributed by atoms with Crippen LogP contribution in [0.5, 0.6) is 5.75 Å². The molecule has 0 saturated heterocycles. The summed E-state index contributed by atoms with van der Waals surface area (Å²) >= 11 is 0. The van der Waals surface area contributed by atoms with Crippen molar-refractivity contribution in [1.29, 1.82) is 0 Å². The maximum atomic E-state index is 12.8. The number of phenols is 1. The highest BCUT2D eigenvalue weighted by molar-refractivity contribution is 7.92. The Hall–Kier alpha value is -2.22. The lowest BCUT2D eigenvalue weighted by Gasteiger charge is -2.18. The van der Waals surface area contributed by atoms with Gasteiger partial charge in [-0.1, -0.05) is 24.3 Å². The van der Waals surface area contributed by atoms with Crippen molar-refractivity contribution in [2.45, 2.75) is 29.3 Å². The van der Waals surface area contributed by atoms with E-state index in [1.807, 2.05) is 6.07 Å². The van der Waals surface area contributed by atoms with Gasteiger partial charge in [-0.2, -0.15) is 13.2 Å². The summed E-state index contributed by atoms with van der Waals surface area (Å²) < 4.78 is 61.9. The standard InChI is InChI=1S/C16H14F3NO3S/c17-16(18,19)24(22,23)15-7-2-1-5-13(15)20-11-8-10-4-3-6-14(21)12(10)9-11/h1-7,11,20-21H,8-9H2. The molecule has 1 aliphatic rings. The van der Waals surface area contributed by atoms with Crippen LogP contribution in [0.15, 0.2) is 47.4 Å². The number of nitrogens with one attached hydrogen (secondary N) is 1. The first-order valence-corrected chi connectivity index (χ1v) is 8.65. The van der Waals surface area contributed by atoms with Gasteiger partial charge >= 0.3 is 5.51 Å². The lowest BCUT2D eigenvalue weighted by Crippen LogP contribution is -2.26. The van der Waals surface area contributed by atoms with Gasteiger partial charge in [-0.3, -0.25) is 0 Å². The number of hydrogen-bond donors (Lipinski definition) is 2. The summed E-state index contributed by atoms with van der Waals surface area (Å²) in [5, 5.41) is 12.7. The van der Waals surface area contributed by atoms with Crippen molar-refractivity contribution in [3.8, 4) is 5.75 Å². The van der Waals surface area contributed by atoms with Gasteiger partial charge in [-0.05, 0) is 42.2 Å². The highest BCUT2D eigenvalue weighted by atomic mass is 32.2. The minimum absolute atomic E-state index is 0.0906. The lowest BCUT2D eigenvalue weighted by molar-refractivity contribution is -0.0435. The molecule has 0 aromatic heterocycles. The van der Waals surface area contributed by atoms with E-state index < -0.39 is 20.2 Å². The van der Waals surface area contributed by atoms with Crippen LogP contribution >= 0.6 is 0 Å². The van der Waals surface area contributed by atoms with Crippen LogP contribution < -0.4 is 5.32 Å². The molecule has 0 bridgehead atoms. The van der Waals surface area contributed by atoms with Crippen molar-refractivity contribution >= 4 is 15.5 Å². The Morgan fingerprint density at radius 1 is 1.04 bits per heavy atom. The average Bonchev–Trinajstić information content (AvgIpc) is 2.90. The van der Waals surface area contributed by atoms with Crippen molar-refractivity contribution in [3.05, 3.63) is 53.6 Å². The van der Waals surface area contributed by atoms with Gasteiger partial charge in [-0.25, -0.2) is 8.42 Å². The predicted octanol–water partition coefficient (Wildman–Crippen LogP) is 3.27. The summed E-state index contributed by atoms with van der Waals surface area (Å²) in [7, 11) is -5.44. The summed E-state index contributed by atoms with van der Waals surface area (Å²) in [5.74, 6) is 0.132. The Balaban J connectivity index is 1.90. The normalized spacial score (nSPS) is 17.5. The summed E-state index contributed by atoms with van der Waals surface area (Å²) in [6.07, 6.45) is 0.895. The fraction of sp³-hybridized carbons (Fsp3) is 0.250. The molecule has 0 saturated carbocycles. The van der Waals surface area contributed by atoms with Gasteiger partial charge in [0.25, 0.3) is 9.84 Å². The quantitative estimate of drug-likeness (QED) is 0.885. The third-order valence-electron chi connectivity index (χ3n) is 4.01. The minimum atomic E-state index is -5.44. The summed E-state index contributed by atoms with van der Waals surface area (Å²) in [6, 6.07) is 9.73. The molecule has 0 heterocycles. The first-order valence-electron chi connectivity index (χ1n) is 7.17. The van der Waals surface area contributed by atoms with Crippen LogP contribution in [0.2, 0.25) is 0 Å².